The molecule has 10 heteroatoms. The van der Waals surface area contributed by atoms with E-state index in [1.165, 1.54) is 6.33 Å². The van der Waals surface area contributed by atoms with Crippen LogP contribution >= 0.6 is 11.6 Å². The molecule has 0 aliphatic heterocycles. The van der Waals surface area contributed by atoms with Crippen LogP contribution in [0.1, 0.15) is 5.69 Å². The van der Waals surface area contributed by atoms with Gasteiger partial charge in [-0.3, -0.25) is 9.78 Å². The van der Waals surface area contributed by atoms with Gasteiger partial charge in [-0.2, -0.15) is 0 Å². The maximum atomic E-state index is 12.0. The summed E-state index contributed by atoms with van der Waals surface area (Å²) in [5.74, 6) is 1.29. The monoisotopic (exact) mass is 493 g/mol. The summed E-state index contributed by atoms with van der Waals surface area (Å²) in [6.07, 6.45) is 3.17. The third kappa shape index (κ3) is 6.56. The molecule has 0 atom stereocenters. The summed E-state index contributed by atoms with van der Waals surface area (Å²) in [6.45, 7) is 0.999. The minimum absolute atomic E-state index is 0.148. The van der Waals surface area contributed by atoms with E-state index >= 15 is 0 Å². The fourth-order valence-corrected chi connectivity index (χ4v) is 3.48. The number of nitrogens with zero attached hydrogens (tertiary/aromatic N) is 3. The molecular formula is C25H24ClN5O4. The van der Waals surface area contributed by atoms with Gasteiger partial charge < -0.3 is 24.8 Å². The third-order valence-electron chi connectivity index (χ3n) is 4.91. The standard InChI is InChI=1S/C25H24ClN5O4/c1-33-12-11-28-23(32)15-35-22-7-4-6-20-24(22)25(30-16-29-20)31-17-8-9-21(19(26)13-17)34-14-18-5-2-3-10-27-18/h2-10,13,16H,11-12,14-15H2,1H3,(H,28,32)(H,29,30,31). The number of anilines is 2. The van der Waals surface area contributed by atoms with Gasteiger partial charge in [0.2, 0.25) is 0 Å². The van der Waals surface area contributed by atoms with Gasteiger partial charge in [0.15, 0.2) is 6.61 Å². The summed E-state index contributed by atoms with van der Waals surface area (Å²) in [5.41, 5.74) is 2.17. The lowest BCUT2D eigenvalue weighted by molar-refractivity contribution is -0.123. The second-order valence-corrected chi connectivity index (χ2v) is 7.79. The molecule has 0 fully saturated rings. The molecule has 0 radical (unpaired) electrons. The Kier molecular flexibility index (Phi) is 8.26. The normalized spacial score (nSPS) is 10.7. The minimum Gasteiger partial charge on any atom is -0.486 e. The van der Waals surface area contributed by atoms with Crippen LogP contribution in [0.15, 0.2) is 67.1 Å². The van der Waals surface area contributed by atoms with Gasteiger partial charge in [-0.1, -0.05) is 23.7 Å². The highest BCUT2D eigenvalue weighted by Gasteiger charge is 2.13. The Morgan fingerprint density at radius 3 is 2.71 bits per heavy atom. The van der Waals surface area contributed by atoms with Crippen LogP contribution in [0.25, 0.3) is 10.9 Å². The number of aromatic nitrogens is 3. The van der Waals surface area contributed by atoms with Crippen molar-refractivity contribution in [2.75, 3.05) is 32.2 Å². The SMILES string of the molecule is COCCNC(=O)COc1cccc2ncnc(Nc3ccc(OCc4ccccn4)c(Cl)c3)c12. The van der Waals surface area contributed by atoms with E-state index in [1.807, 2.05) is 36.4 Å². The van der Waals surface area contributed by atoms with Gasteiger partial charge in [0, 0.05) is 25.5 Å². The lowest BCUT2D eigenvalue weighted by Gasteiger charge is -2.14. The van der Waals surface area contributed by atoms with Crippen LogP contribution in [0, 0.1) is 0 Å². The highest BCUT2D eigenvalue weighted by atomic mass is 35.5. The number of rotatable bonds is 11. The van der Waals surface area contributed by atoms with Crippen molar-refractivity contribution < 1.29 is 19.0 Å². The number of hydrogen-bond donors (Lipinski definition) is 2. The Balaban J connectivity index is 1.48. The van der Waals surface area contributed by atoms with Crippen LogP contribution < -0.4 is 20.1 Å². The van der Waals surface area contributed by atoms with Crippen molar-refractivity contribution in [2.24, 2.45) is 0 Å². The van der Waals surface area contributed by atoms with E-state index in [-0.39, 0.29) is 12.5 Å². The lowest BCUT2D eigenvalue weighted by Crippen LogP contribution is -2.31. The molecule has 35 heavy (non-hydrogen) atoms. The van der Waals surface area contributed by atoms with Crippen molar-refractivity contribution in [3.63, 3.8) is 0 Å². The van der Waals surface area contributed by atoms with Crippen molar-refractivity contribution in [3.8, 4) is 11.5 Å². The molecule has 2 heterocycles. The van der Waals surface area contributed by atoms with Crippen molar-refractivity contribution >= 4 is 39.9 Å². The van der Waals surface area contributed by atoms with E-state index in [4.69, 9.17) is 25.8 Å². The van der Waals surface area contributed by atoms with E-state index in [0.717, 1.165) is 5.69 Å². The van der Waals surface area contributed by atoms with E-state index in [1.54, 1.807) is 31.5 Å². The summed E-state index contributed by atoms with van der Waals surface area (Å²) < 4.78 is 16.5. The number of hydrogen-bond acceptors (Lipinski definition) is 8. The molecular weight excluding hydrogens is 470 g/mol. The predicted molar refractivity (Wildman–Crippen MR) is 133 cm³/mol. The van der Waals surface area contributed by atoms with Crippen molar-refractivity contribution in [1.29, 1.82) is 0 Å². The van der Waals surface area contributed by atoms with Gasteiger partial charge in [0.25, 0.3) is 5.91 Å². The molecule has 9 nitrogen and oxygen atoms in total. The van der Waals surface area contributed by atoms with Crippen LogP contribution in [0.4, 0.5) is 11.5 Å². The lowest BCUT2D eigenvalue weighted by atomic mass is 10.2. The van der Waals surface area contributed by atoms with Gasteiger partial charge >= 0.3 is 0 Å². The second kappa shape index (κ2) is 12.0. The molecule has 0 aliphatic rings. The van der Waals surface area contributed by atoms with Crippen LogP contribution in [-0.4, -0.2) is 47.7 Å². The average Bonchev–Trinajstić information content (AvgIpc) is 2.88. The molecule has 180 valence electrons. The topological polar surface area (TPSA) is 107 Å². The van der Waals surface area contributed by atoms with Crippen LogP contribution in [0.2, 0.25) is 5.02 Å². The summed E-state index contributed by atoms with van der Waals surface area (Å²) in [4.78, 5) is 25.0. The first-order chi connectivity index (χ1) is 17.1. The number of carbonyl (C=O) groups is 1. The zero-order chi connectivity index (χ0) is 24.5. The Bertz CT molecular complexity index is 1280. The number of nitrogens with one attached hydrogen (secondary N) is 2. The van der Waals surface area contributed by atoms with Gasteiger partial charge in [0.05, 0.1) is 28.2 Å². The molecule has 0 spiro atoms. The Hall–Kier alpha value is -3.95. The number of carbonyl (C=O) groups excluding carboxylic acids is 1. The van der Waals surface area contributed by atoms with Crippen LogP contribution in [0.5, 0.6) is 11.5 Å². The van der Waals surface area contributed by atoms with E-state index in [9.17, 15) is 4.79 Å². The second-order valence-electron chi connectivity index (χ2n) is 7.38. The number of pyridine rings is 1. The van der Waals surface area contributed by atoms with Crippen LogP contribution in [-0.2, 0) is 16.1 Å². The molecule has 2 aromatic heterocycles. The van der Waals surface area contributed by atoms with Crippen molar-refractivity contribution in [2.45, 2.75) is 6.61 Å². The number of ether oxygens (including phenoxy) is 3. The van der Waals surface area contributed by atoms with E-state index < -0.39 is 0 Å². The highest BCUT2D eigenvalue weighted by molar-refractivity contribution is 6.32. The molecule has 1 amide bonds. The number of benzene rings is 2. The number of methoxy groups -OCH3 is 1. The summed E-state index contributed by atoms with van der Waals surface area (Å²) in [7, 11) is 1.57. The zero-order valence-corrected chi connectivity index (χ0v) is 19.8. The van der Waals surface area contributed by atoms with E-state index in [2.05, 4.69) is 25.6 Å². The molecule has 0 saturated carbocycles. The summed E-state index contributed by atoms with van der Waals surface area (Å²) in [6, 6.07) is 16.4. The minimum atomic E-state index is -0.251. The molecule has 2 N–H and O–H groups in total. The molecule has 4 aromatic rings. The van der Waals surface area contributed by atoms with Gasteiger partial charge in [-0.05, 0) is 42.5 Å². The van der Waals surface area contributed by atoms with Crippen LogP contribution in [0.3, 0.4) is 0 Å². The number of halogens is 1. The third-order valence-corrected chi connectivity index (χ3v) is 5.20. The average molecular weight is 494 g/mol. The largest absolute Gasteiger partial charge is 0.486 e. The van der Waals surface area contributed by atoms with Gasteiger partial charge in [0.1, 0.15) is 30.3 Å². The Morgan fingerprint density at radius 2 is 1.91 bits per heavy atom. The van der Waals surface area contributed by atoms with Crippen molar-refractivity contribution in [3.05, 3.63) is 77.8 Å². The van der Waals surface area contributed by atoms with Gasteiger partial charge in [-0.15, -0.1) is 0 Å². The molecule has 2 aromatic carbocycles. The molecule has 0 bridgehead atoms. The first kappa shape index (κ1) is 24.2. The number of fused-ring (bicyclic) bond motifs is 1. The Labute approximate surface area is 207 Å². The quantitative estimate of drug-likeness (QED) is 0.300. The molecule has 0 unspecified atom stereocenters. The zero-order valence-electron chi connectivity index (χ0n) is 19.0. The maximum Gasteiger partial charge on any atom is 0.258 e. The predicted octanol–water partition coefficient (Wildman–Crippen LogP) is 4.14. The Morgan fingerprint density at radius 1 is 1.00 bits per heavy atom. The summed E-state index contributed by atoms with van der Waals surface area (Å²) >= 11 is 6.45. The smallest absolute Gasteiger partial charge is 0.258 e. The fourth-order valence-electron chi connectivity index (χ4n) is 3.25. The molecule has 0 saturated heterocycles. The first-order valence-electron chi connectivity index (χ1n) is 10.9. The van der Waals surface area contributed by atoms with E-state index in [0.29, 0.717) is 58.7 Å². The van der Waals surface area contributed by atoms with Gasteiger partial charge in [-0.25, -0.2) is 9.97 Å². The first-order valence-corrected chi connectivity index (χ1v) is 11.2. The molecule has 0 aliphatic carbocycles. The highest BCUT2D eigenvalue weighted by Crippen LogP contribution is 2.34. The fraction of sp³-hybridized carbons (Fsp3) is 0.200. The summed E-state index contributed by atoms with van der Waals surface area (Å²) in [5, 5.41) is 7.06. The van der Waals surface area contributed by atoms with Crippen molar-refractivity contribution in [1.82, 2.24) is 20.3 Å². The molecule has 4 rings (SSSR count). The number of amides is 1. The maximum absolute atomic E-state index is 12.0.